The minimum Gasteiger partial charge on any atom is -0.393 e. The normalized spacial score (nSPS) is 32.9. The highest BCUT2D eigenvalue weighted by Crippen LogP contribution is 2.50. The Morgan fingerprint density at radius 1 is 1.46 bits per heavy atom. The molecule has 1 N–H and O–H groups in total. The fourth-order valence-corrected chi connectivity index (χ4v) is 2.20. The Balaban J connectivity index is 1.80. The molecule has 0 aliphatic heterocycles. The van der Waals surface area contributed by atoms with Gasteiger partial charge in [0.2, 0.25) is 0 Å². The maximum Gasteiger partial charge on any atom is 0.0596 e. The maximum absolute atomic E-state index is 9.98. The molecule has 0 radical (unpaired) electrons. The van der Waals surface area contributed by atoms with Crippen molar-refractivity contribution < 1.29 is 5.11 Å². The lowest BCUT2D eigenvalue weighted by molar-refractivity contribution is 0.0750. The van der Waals surface area contributed by atoms with Crippen LogP contribution >= 0.6 is 0 Å². The molecule has 0 aromatic carbocycles. The van der Waals surface area contributed by atoms with Crippen molar-refractivity contribution in [1.82, 2.24) is 0 Å². The van der Waals surface area contributed by atoms with Gasteiger partial charge in [-0.3, -0.25) is 0 Å². The number of hydrogen-bond donors (Lipinski definition) is 1. The second-order valence-corrected chi connectivity index (χ2v) is 5.06. The van der Waals surface area contributed by atoms with Gasteiger partial charge < -0.3 is 5.11 Å². The van der Waals surface area contributed by atoms with Gasteiger partial charge in [-0.1, -0.05) is 19.1 Å². The Bertz CT molecular complexity index is 203. The van der Waals surface area contributed by atoms with Gasteiger partial charge in [-0.25, -0.2) is 0 Å². The van der Waals surface area contributed by atoms with E-state index in [1.54, 1.807) is 0 Å². The predicted molar refractivity (Wildman–Crippen MR) is 54.4 cm³/mol. The number of rotatable bonds is 3. The monoisotopic (exact) mass is 180 g/mol. The van der Waals surface area contributed by atoms with Crippen LogP contribution in [0.1, 0.15) is 45.4 Å². The van der Waals surface area contributed by atoms with E-state index in [0.717, 1.165) is 12.3 Å². The first-order valence-corrected chi connectivity index (χ1v) is 5.54. The van der Waals surface area contributed by atoms with Crippen molar-refractivity contribution in [2.45, 2.75) is 51.6 Å². The van der Waals surface area contributed by atoms with Crippen LogP contribution in [0, 0.1) is 11.3 Å². The van der Waals surface area contributed by atoms with Crippen molar-refractivity contribution in [3.8, 4) is 0 Å². The highest BCUT2D eigenvalue weighted by molar-refractivity contribution is 4.97. The Labute approximate surface area is 80.8 Å². The molecule has 13 heavy (non-hydrogen) atoms. The van der Waals surface area contributed by atoms with E-state index in [2.05, 4.69) is 19.1 Å². The van der Waals surface area contributed by atoms with Crippen LogP contribution in [0.2, 0.25) is 0 Å². The summed E-state index contributed by atoms with van der Waals surface area (Å²) >= 11 is 0. The molecular weight excluding hydrogens is 160 g/mol. The summed E-state index contributed by atoms with van der Waals surface area (Å²) in [5.74, 6) is 0.748. The van der Waals surface area contributed by atoms with Crippen LogP contribution in [0.25, 0.3) is 0 Å². The molecule has 2 aliphatic rings. The second kappa shape index (κ2) is 3.45. The lowest BCUT2D eigenvalue weighted by Gasteiger charge is -2.24. The SMILES string of the molecule is CC1(C(O)CC2CC=CCC2)CC1. The molecule has 2 atom stereocenters. The zero-order chi connectivity index (χ0) is 9.31. The first-order valence-electron chi connectivity index (χ1n) is 5.54. The number of hydrogen-bond acceptors (Lipinski definition) is 1. The summed E-state index contributed by atoms with van der Waals surface area (Å²) in [6.07, 6.45) is 11.7. The smallest absolute Gasteiger partial charge is 0.0596 e. The Morgan fingerprint density at radius 3 is 2.77 bits per heavy atom. The van der Waals surface area contributed by atoms with Crippen molar-refractivity contribution in [3.05, 3.63) is 12.2 Å². The minimum absolute atomic E-state index is 0.0380. The van der Waals surface area contributed by atoms with Gasteiger partial charge in [0, 0.05) is 0 Å². The van der Waals surface area contributed by atoms with Crippen LogP contribution in [-0.2, 0) is 0 Å². The summed E-state index contributed by atoms with van der Waals surface area (Å²) in [6.45, 7) is 2.22. The van der Waals surface area contributed by atoms with E-state index >= 15 is 0 Å². The Kier molecular flexibility index (Phi) is 2.46. The average molecular weight is 180 g/mol. The molecular formula is C12H20O. The predicted octanol–water partition coefficient (Wildman–Crippen LogP) is 2.89. The van der Waals surface area contributed by atoms with E-state index in [0.29, 0.717) is 5.41 Å². The quantitative estimate of drug-likeness (QED) is 0.662. The molecule has 0 heterocycles. The van der Waals surface area contributed by atoms with E-state index in [9.17, 15) is 5.11 Å². The number of aliphatic hydroxyl groups is 1. The fraction of sp³-hybridized carbons (Fsp3) is 0.833. The number of aliphatic hydroxyl groups excluding tert-OH is 1. The highest BCUT2D eigenvalue weighted by Gasteiger charge is 2.44. The van der Waals surface area contributed by atoms with Crippen LogP contribution in [0.15, 0.2) is 12.2 Å². The molecule has 2 unspecified atom stereocenters. The summed E-state index contributed by atoms with van der Waals surface area (Å²) in [4.78, 5) is 0. The average Bonchev–Trinajstić information content (AvgIpc) is 2.87. The van der Waals surface area contributed by atoms with Crippen LogP contribution in [-0.4, -0.2) is 11.2 Å². The topological polar surface area (TPSA) is 20.2 Å². The molecule has 1 heteroatoms. The van der Waals surface area contributed by atoms with E-state index in [4.69, 9.17) is 0 Å². The lowest BCUT2D eigenvalue weighted by atomic mass is 9.85. The third-order valence-corrected chi connectivity index (χ3v) is 3.78. The summed E-state index contributed by atoms with van der Waals surface area (Å²) in [7, 11) is 0. The molecule has 74 valence electrons. The zero-order valence-electron chi connectivity index (χ0n) is 8.50. The van der Waals surface area contributed by atoms with E-state index in [-0.39, 0.29) is 6.10 Å². The first-order chi connectivity index (χ1) is 6.21. The molecule has 1 saturated carbocycles. The molecule has 2 rings (SSSR count). The summed E-state index contributed by atoms with van der Waals surface area (Å²) in [5, 5.41) is 9.98. The third kappa shape index (κ3) is 2.14. The summed E-state index contributed by atoms with van der Waals surface area (Å²) in [6, 6.07) is 0. The van der Waals surface area contributed by atoms with Crippen LogP contribution < -0.4 is 0 Å². The summed E-state index contributed by atoms with van der Waals surface area (Å²) in [5.41, 5.74) is 0.293. The molecule has 0 bridgehead atoms. The minimum atomic E-state index is -0.0380. The standard InChI is InChI=1S/C12H20O/c1-12(7-8-12)11(13)9-10-5-3-2-4-6-10/h2-3,10-11,13H,4-9H2,1H3. The van der Waals surface area contributed by atoms with Gasteiger partial charge in [-0.2, -0.15) is 0 Å². The molecule has 1 fully saturated rings. The van der Waals surface area contributed by atoms with Crippen LogP contribution in [0.5, 0.6) is 0 Å². The van der Waals surface area contributed by atoms with E-state index in [1.165, 1.54) is 32.1 Å². The van der Waals surface area contributed by atoms with Gasteiger partial charge in [0.05, 0.1) is 6.10 Å². The molecule has 2 aliphatic carbocycles. The van der Waals surface area contributed by atoms with Gasteiger partial charge in [-0.05, 0) is 49.9 Å². The van der Waals surface area contributed by atoms with Crippen molar-refractivity contribution in [3.63, 3.8) is 0 Å². The lowest BCUT2D eigenvalue weighted by Crippen LogP contribution is -2.22. The van der Waals surface area contributed by atoms with Crippen LogP contribution in [0.3, 0.4) is 0 Å². The zero-order valence-corrected chi connectivity index (χ0v) is 8.50. The molecule has 1 nitrogen and oxygen atoms in total. The Morgan fingerprint density at radius 2 is 2.23 bits per heavy atom. The fourth-order valence-electron chi connectivity index (χ4n) is 2.20. The number of allylic oxidation sites excluding steroid dienone is 2. The van der Waals surface area contributed by atoms with Gasteiger partial charge in [0.15, 0.2) is 0 Å². The van der Waals surface area contributed by atoms with Crippen LogP contribution in [0.4, 0.5) is 0 Å². The second-order valence-electron chi connectivity index (χ2n) is 5.06. The highest BCUT2D eigenvalue weighted by atomic mass is 16.3. The maximum atomic E-state index is 9.98. The van der Waals surface area contributed by atoms with Gasteiger partial charge in [-0.15, -0.1) is 0 Å². The molecule has 0 spiro atoms. The van der Waals surface area contributed by atoms with E-state index in [1.807, 2.05) is 0 Å². The van der Waals surface area contributed by atoms with Crippen molar-refractivity contribution in [2.24, 2.45) is 11.3 Å². The van der Waals surface area contributed by atoms with Gasteiger partial charge in [0.1, 0.15) is 0 Å². The van der Waals surface area contributed by atoms with E-state index < -0.39 is 0 Å². The Hall–Kier alpha value is -0.300. The van der Waals surface area contributed by atoms with Gasteiger partial charge >= 0.3 is 0 Å². The van der Waals surface area contributed by atoms with Crippen molar-refractivity contribution in [1.29, 1.82) is 0 Å². The largest absolute Gasteiger partial charge is 0.393 e. The molecule has 0 saturated heterocycles. The molecule has 0 aromatic heterocycles. The van der Waals surface area contributed by atoms with Crippen molar-refractivity contribution in [2.75, 3.05) is 0 Å². The van der Waals surface area contributed by atoms with Gasteiger partial charge in [0.25, 0.3) is 0 Å². The molecule has 0 amide bonds. The first kappa shape index (κ1) is 9.26. The van der Waals surface area contributed by atoms with Crippen molar-refractivity contribution >= 4 is 0 Å². The summed E-state index contributed by atoms with van der Waals surface area (Å²) < 4.78 is 0. The third-order valence-electron chi connectivity index (χ3n) is 3.78. The molecule has 0 aromatic rings.